The summed E-state index contributed by atoms with van der Waals surface area (Å²) in [6, 6.07) is 0. The Hall–Kier alpha value is -0.900. The fourth-order valence-electron chi connectivity index (χ4n) is 2.52. The molecule has 0 amide bonds. The van der Waals surface area contributed by atoms with E-state index < -0.39 is 0 Å². The molecule has 1 atom stereocenters. The fourth-order valence-corrected chi connectivity index (χ4v) is 2.52. The van der Waals surface area contributed by atoms with E-state index in [0.29, 0.717) is 11.8 Å². The predicted octanol–water partition coefficient (Wildman–Crippen LogP) is 2.57. The highest BCUT2D eigenvalue weighted by molar-refractivity contribution is 5.02. The molecule has 0 radical (unpaired) electrons. The number of rotatable bonds is 5. The van der Waals surface area contributed by atoms with Gasteiger partial charge in [-0.05, 0) is 19.4 Å². The SMILES string of the molecule is CCNCC(C)c1n[nH]c(C2CCCCC2)n1. The van der Waals surface area contributed by atoms with Crippen molar-refractivity contribution in [3.8, 4) is 0 Å². The van der Waals surface area contributed by atoms with Crippen molar-refractivity contribution in [3.63, 3.8) is 0 Å². The Bertz CT molecular complexity index is 328. The fraction of sp³-hybridized carbons (Fsp3) is 0.846. The number of nitrogens with one attached hydrogen (secondary N) is 2. The minimum atomic E-state index is 0.392. The Balaban J connectivity index is 1.94. The molecule has 2 N–H and O–H groups in total. The van der Waals surface area contributed by atoms with Gasteiger partial charge in [-0.2, -0.15) is 5.10 Å². The number of nitrogens with zero attached hydrogens (tertiary/aromatic N) is 2. The van der Waals surface area contributed by atoms with Gasteiger partial charge >= 0.3 is 0 Å². The molecule has 0 spiro atoms. The molecule has 2 rings (SSSR count). The predicted molar refractivity (Wildman–Crippen MR) is 69.2 cm³/mol. The van der Waals surface area contributed by atoms with Crippen LogP contribution in [-0.2, 0) is 0 Å². The summed E-state index contributed by atoms with van der Waals surface area (Å²) in [4.78, 5) is 4.68. The third kappa shape index (κ3) is 3.28. The van der Waals surface area contributed by atoms with E-state index in [-0.39, 0.29) is 0 Å². The molecular weight excluding hydrogens is 212 g/mol. The quantitative estimate of drug-likeness (QED) is 0.826. The van der Waals surface area contributed by atoms with Crippen molar-refractivity contribution in [1.82, 2.24) is 20.5 Å². The van der Waals surface area contributed by atoms with Gasteiger partial charge in [0.2, 0.25) is 0 Å². The van der Waals surface area contributed by atoms with Gasteiger partial charge in [0, 0.05) is 18.4 Å². The summed E-state index contributed by atoms with van der Waals surface area (Å²) in [7, 11) is 0. The van der Waals surface area contributed by atoms with Crippen LogP contribution in [0.4, 0.5) is 0 Å². The summed E-state index contributed by atoms with van der Waals surface area (Å²) in [5, 5.41) is 10.9. The van der Waals surface area contributed by atoms with Gasteiger partial charge in [-0.15, -0.1) is 0 Å². The third-order valence-electron chi connectivity index (χ3n) is 3.65. The zero-order valence-electron chi connectivity index (χ0n) is 11.0. The maximum Gasteiger partial charge on any atom is 0.154 e. The second-order valence-electron chi connectivity index (χ2n) is 5.12. The molecule has 1 fully saturated rings. The first-order valence-corrected chi connectivity index (χ1v) is 6.94. The van der Waals surface area contributed by atoms with Gasteiger partial charge in [0.1, 0.15) is 5.82 Å². The van der Waals surface area contributed by atoms with Crippen molar-refractivity contribution >= 4 is 0 Å². The number of likely N-dealkylation sites (N-methyl/N-ethyl adjacent to an activating group) is 1. The maximum atomic E-state index is 4.68. The lowest BCUT2D eigenvalue weighted by atomic mass is 9.89. The van der Waals surface area contributed by atoms with Crippen molar-refractivity contribution in [2.75, 3.05) is 13.1 Å². The first-order valence-electron chi connectivity index (χ1n) is 6.94. The molecule has 17 heavy (non-hydrogen) atoms. The number of aromatic amines is 1. The second kappa shape index (κ2) is 6.15. The summed E-state index contributed by atoms with van der Waals surface area (Å²) in [6.45, 7) is 6.26. The minimum absolute atomic E-state index is 0.392. The van der Waals surface area contributed by atoms with Crippen LogP contribution in [0.3, 0.4) is 0 Å². The van der Waals surface area contributed by atoms with Gasteiger partial charge in [0.15, 0.2) is 5.82 Å². The third-order valence-corrected chi connectivity index (χ3v) is 3.65. The molecule has 0 aliphatic heterocycles. The molecule has 1 unspecified atom stereocenters. The van der Waals surface area contributed by atoms with E-state index in [4.69, 9.17) is 0 Å². The van der Waals surface area contributed by atoms with Crippen LogP contribution < -0.4 is 5.32 Å². The summed E-state index contributed by atoms with van der Waals surface area (Å²) < 4.78 is 0. The van der Waals surface area contributed by atoms with Crippen LogP contribution in [0, 0.1) is 0 Å². The van der Waals surface area contributed by atoms with Crippen molar-refractivity contribution in [3.05, 3.63) is 11.6 Å². The normalized spacial score (nSPS) is 19.4. The van der Waals surface area contributed by atoms with Crippen LogP contribution in [0.2, 0.25) is 0 Å². The highest BCUT2D eigenvalue weighted by Crippen LogP contribution is 2.30. The smallest absolute Gasteiger partial charge is 0.154 e. The van der Waals surface area contributed by atoms with Crippen LogP contribution in [-0.4, -0.2) is 28.3 Å². The molecule has 4 nitrogen and oxygen atoms in total. The largest absolute Gasteiger partial charge is 0.316 e. The van der Waals surface area contributed by atoms with Gasteiger partial charge in [-0.3, -0.25) is 5.10 Å². The van der Waals surface area contributed by atoms with Gasteiger partial charge in [-0.25, -0.2) is 4.98 Å². The standard InChI is InChI=1S/C13H24N4/c1-3-14-9-10(2)12-15-13(17-16-12)11-7-5-4-6-8-11/h10-11,14H,3-9H2,1-2H3,(H,15,16,17). The molecule has 1 aromatic rings. The Labute approximate surface area is 104 Å². The first-order chi connectivity index (χ1) is 8.31. The summed E-state index contributed by atoms with van der Waals surface area (Å²) in [5.41, 5.74) is 0. The van der Waals surface area contributed by atoms with Crippen molar-refractivity contribution in [2.45, 2.75) is 57.8 Å². The maximum absolute atomic E-state index is 4.68. The summed E-state index contributed by atoms with van der Waals surface area (Å²) >= 11 is 0. The summed E-state index contributed by atoms with van der Waals surface area (Å²) in [6.07, 6.45) is 6.61. The molecule has 1 saturated carbocycles. The lowest BCUT2D eigenvalue weighted by Crippen LogP contribution is -2.20. The summed E-state index contributed by atoms with van der Waals surface area (Å²) in [5.74, 6) is 3.09. The van der Waals surface area contributed by atoms with Crippen LogP contribution in [0.5, 0.6) is 0 Å². The lowest BCUT2D eigenvalue weighted by molar-refractivity contribution is 0.429. The molecule has 1 heterocycles. The molecule has 96 valence electrons. The Kier molecular flexibility index (Phi) is 4.54. The van der Waals surface area contributed by atoms with Gasteiger partial charge < -0.3 is 5.32 Å². The Morgan fingerprint density at radius 2 is 2.12 bits per heavy atom. The molecule has 1 aromatic heterocycles. The highest BCUT2D eigenvalue weighted by Gasteiger charge is 2.20. The van der Waals surface area contributed by atoms with Gasteiger partial charge in [0.25, 0.3) is 0 Å². The average Bonchev–Trinajstić information content (AvgIpc) is 2.86. The van der Waals surface area contributed by atoms with Gasteiger partial charge in [0.05, 0.1) is 0 Å². The number of H-pyrrole nitrogens is 1. The molecule has 1 aliphatic carbocycles. The molecule has 0 aromatic carbocycles. The van der Waals surface area contributed by atoms with Crippen molar-refractivity contribution in [2.24, 2.45) is 0 Å². The zero-order chi connectivity index (χ0) is 12.1. The topological polar surface area (TPSA) is 53.6 Å². The minimum Gasteiger partial charge on any atom is -0.316 e. The van der Waals surface area contributed by atoms with Crippen molar-refractivity contribution < 1.29 is 0 Å². The van der Waals surface area contributed by atoms with E-state index in [0.717, 1.165) is 24.7 Å². The Morgan fingerprint density at radius 1 is 1.35 bits per heavy atom. The number of aromatic nitrogens is 3. The average molecular weight is 236 g/mol. The van der Waals surface area contributed by atoms with Crippen molar-refractivity contribution in [1.29, 1.82) is 0 Å². The highest BCUT2D eigenvalue weighted by atomic mass is 15.2. The first kappa shape index (κ1) is 12.6. The zero-order valence-corrected chi connectivity index (χ0v) is 11.0. The molecule has 0 saturated heterocycles. The Morgan fingerprint density at radius 3 is 2.82 bits per heavy atom. The lowest BCUT2D eigenvalue weighted by Gasteiger charge is -2.18. The molecule has 0 bridgehead atoms. The van der Waals surface area contributed by atoms with E-state index in [1.807, 2.05) is 0 Å². The monoisotopic (exact) mass is 236 g/mol. The van der Waals surface area contributed by atoms with E-state index in [9.17, 15) is 0 Å². The van der Waals surface area contributed by atoms with Crippen LogP contribution in [0.15, 0.2) is 0 Å². The van der Waals surface area contributed by atoms with Crippen LogP contribution in [0.25, 0.3) is 0 Å². The second-order valence-corrected chi connectivity index (χ2v) is 5.12. The van der Waals surface area contributed by atoms with E-state index in [1.165, 1.54) is 32.1 Å². The number of hydrogen-bond donors (Lipinski definition) is 2. The van der Waals surface area contributed by atoms with E-state index >= 15 is 0 Å². The molecule has 1 aliphatic rings. The van der Waals surface area contributed by atoms with Gasteiger partial charge in [-0.1, -0.05) is 33.1 Å². The van der Waals surface area contributed by atoms with E-state index in [1.54, 1.807) is 0 Å². The molecular formula is C13H24N4. The van der Waals surface area contributed by atoms with E-state index in [2.05, 4.69) is 34.3 Å². The number of hydrogen-bond acceptors (Lipinski definition) is 3. The van der Waals surface area contributed by atoms with Crippen LogP contribution >= 0.6 is 0 Å². The van der Waals surface area contributed by atoms with Crippen LogP contribution in [0.1, 0.15) is 69.4 Å². The molecule has 4 heteroatoms.